The van der Waals surface area contributed by atoms with Crippen molar-refractivity contribution in [2.45, 2.75) is 39.2 Å². The molecule has 1 aliphatic heterocycles. The molecule has 0 saturated heterocycles. The molecule has 2 heterocycles. The van der Waals surface area contributed by atoms with Crippen molar-refractivity contribution in [1.82, 2.24) is 14.9 Å². The van der Waals surface area contributed by atoms with Gasteiger partial charge < -0.3 is 9.88 Å². The van der Waals surface area contributed by atoms with E-state index in [9.17, 15) is 0 Å². The fraction of sp³-hybridized carbons (Fsp3) is 0.471. The molecule has 1 aromatic carbocycles. The van der Waals surface area contributed by atoms with Gasteiger partial charge in [-0.05, 0) is 37.8 Å². The number of hydrogen-bond acceptors (Lipinski definition) is 2. The molecule has 0 bridgehead atoms. The van der Waals surface area contributed by atoms with Crippen LogP contribution >= 0.6 is 0 Å². The molecule has 1 N–H and O–H groups in total. The van der Waals surface area contributed by atoms with Gasteiger partial charge in [0.1, 0.15) is 0 Å². The van der Waals surface area contributed by atoms with Crippen LogP contribution in [0, 0.1) is 13.8 Å². The zero-order chi connectivity index (χ0) is 14.1. The first-order chi connectivity index (χ1) is 9.65. The summed E-state index contributed by atoms with van der Waals surface area (Å²) >= 11 is 0. The summed E-state index contributed by atoms with van der Waals surface area (Å²) in [6, 6.07) is 7.14. The molecule has 20 heavy (non-hydrogen) atoms. The van der Waals surface area contributed by atoms with Crippen LogP contribution in [0.3, 0.4) is 0 Å². The van der Waals surface area contributed by atoms with Crippen LogP contribution in [-0.2, 0) is 19.9 Å². The van der Waals surface area contributed by atoms with Crippen molar-refractivity contribution in [3.8, 4) is 0 Å². The first-order valence-electron chi connectivity index (χ1n) is 7.45. The molecule has 1 aliphatic rings. The maximum absolute atomic E-state index is 4.59. The molecule has 0 spiro atoms. The van der Waals surface area contributed by atoms with Gasteiger partial charge in [-0.3, -0.25) is 0 Å². The van der Waals surface area contributed by atoms with Crippen LogP contribution in [0.25, 0.3) is 0 Å². The van der Waals surface area contributed by atoms with Crippen molar-refractivity contribution >= 4 is 0 Å². The number of fused-ring (bicyclic) bond motifs is 1. The Kier molecular flexibility index (Phi) is 3.62. The molecule has 3 nitrogen and oxygen atoms in total. The summed E-state index contributed by atoms with van der Waals surface area (Å²) in [5, 5.41) is 3.62. The number of imidazole rings is 1. The van der Waals surface area contributed by atoms with Crippen molar-refractivity contribution in [3.63, 3.8) is 0 Å². The Morgan fingerprint density at radius 3 is 3.05 bits per heavy atom. The second-order valence-electron chi connectivity index (χ2n) is 5.91. The second kappa shape index (κ2) is 5.41. The van der Waals surface area contributed by atoms with E-state index in [2.05, 4.69) is 54.0 Å². The molecule has 3 rings (SSSR count). The Hall–Kier alpha value is -1.61. The molecule has 3 heteroatoms. The predicted molar refractivity (Wildman–Crippen MR) is 81.9 cm³/mol. The average molecular weight is 269 g/mol. The standard InChI is InChI=1S/C17H23N3/c1-12-4-5-13(2)14(10-12)6-7-15-17-16(8-9-18-15)20(3)11-19-17/h4-5,10-11,15,18H,6-9H2,1-3H3. The van der Waals surface area contributed by atoms with Gasteiger partial charge in [-0.25, -0.2) is 4.98 Å². The van der Waals surface area contributed by atoms with E-state index in [1.54, 1.807) is 0 Å². The van der Waals surface area contributed by atoms with Gasteiger partial charge in [-0.1, -0.05) is 23.8 Å². The summed E-state index contributed by atoms with van der Waals surface area (Å²) < 4.78 is 2.17. The van der Waals surface area contributed by atoms with Crippen LogP contribution in [0.2, 0.25) is 0 Å². The van der Waals surface area contributed by atoms with Crippen LogP contribution in [-0.4, -0.2) is 16.1 Å². The Balaban J connectivity index is 1.75. The molecule has 0 radical (unpaired) electrons. The quantitative estimate of drug-likeness (QED) is 0.928. The Morgan fingerprint density at radius 2 is 2.20 bits per heavy atom. The van der Waals surface area contributed by atoms with Gasteiger partial charge in [0.2, 0.25) is 0 Å². The second-order valence-corrected chi connectivity index (χ2v) is 5.91. The van der Waals surface area contributed by atoms with Crippen molar-refractivity contribution in [2.75, 3.05) is 6.54 Å². The highest BCUT2D eigenvalue weighted by Crippen LogP contribution is 2.25. The highest BCUT2D eigenvalue weighted by atomic mass is 15.1. The molecule has 0 fully saturated rings. The van der Waals surface area contributed by atoms with Gasteiger partial charge in [0.15, 0.2) is 0 Å². The topological polar surface area (TPSA) is 29.9 Å². The first-order valence-corrected chi connectivity index (χ1v) is 7.45. The molecule has 0 aliphatic carbocycles. The van der Waals surface area contributed by atoms with E-state index >= 15 is 0 Å². The maximum Gasteiger partial charge on any atom is 0.0949 e. The zero-order valence-corrected chi connectivity index (χ0v) is 12.6. The predicted octanol–water partition coefficient (Wildman–Crippen LogP) is 2.86. The number of nitrogens with one attached hydrogen (secondary N) is 1. The van der Waals surface area contributed by atoms with E-state index in [0.29, 0.717) is 6.04 Å². The third-order valence-corrected chi connectivity index (χ3v) is 4.38. The third-order valence-electron chi connectivity index (χ3n) is 4.38. The molecule has 106 valence electrons. The van der Waals surface area contributed by atoms with Gasteiger partial charge in [0, 0.05) is 25.7 Å². The summed E-state index contributed by atoms with van der Waals surface area (Å²) in [5.41, 5.74) is 6.86. The molecule has 1 unspecified atom stereocenters. The van der Waals surface area contributed by atoms with E-state index in [1.165, 1.54) is 28.1 Å². The summed E-state index contributed by atoms with van der Waals surface area (Å²) in [6.07, 6.45) is 5.27. The monoisotopic (exact) mass is 269 g/mol. The van der Waals surface area contributed by atoms with E-state index in [-0.39, 0.29) is 0 Å². The van der Waals surface area contributed by atoms with Crippen molar-refractivity contribution < 1.29 is 0 Å². The lowest BCUT2D eigenvalue weighted by Gasteiger charge is -2.24. The number of aromatic nitrogens is 2. The largest absolute Gasteiger partial charge is 0.337 e. The lowest BCUT2D eigenvalue weighted by Crippen LogP contribution is -2.31. The number of rotatable bonds is 3. The number of benzene rings is 1. The first kappa shape index (κ1) is 13.4. The third kappa shape index (κ3) is 2.50. The van der Waals surface area contributed by atoms with Gasteiger partial charge >= 0.3 is 0 Å². The van der Waals surface area contributed by atoms with E-state index in [0.717, 1.165) is 25.8 Å². The lowest BCUT2D eigenvalue weighted by atomic mass is 9.95. The van der Waals surface area contributed by atoms with Crippen LogP contribution < -0.4 is 5.32 Å². The van der Waals surface area contributed by atoms with Gasteiger partial charge in [-0.15, -0.1) is 0 Å². The SMILES string of the molecule is Cc1ccc(C)c(CCC2NCCc3c2ncn3C)c1. The van der Waals surface area contributed by atoms with Gasteiger partial charge in [-0.2, -0.15) is 0 Å². The van der Waals surface area contributed by atoms with E-state index in [4.69, 9.17) is 0 Å². The van der Waals surface area contributed by atoms with Gasteiger partial charge in [0.25, 0.3) is 0 Å². The zero-order valence-electron chi connectivity index (χ0n) is 12.6. The van der Waals surface area contributed by atoms with Crippen molar-refractivity contribution in [2.24, 2.45) is 7.05 Å². The fourth-order valence-corrected chi connectivity index (χ4v) is 3.14. The highest BCUT2D eigenvalue weighted by molar-refractivity contribution is 5.31. The van der Waals surface area contributed by atoms with E-state index in [1.807, 2.05) is 6.33 Å². The molecule has 1 atom stereocenters. The molecule has 0 saturated carbocycles. The minimum absolute atomic E-state index is 0.403. The average Bonchev–Trinajstić information content (AvgIpc) is 2.82. The van der Waals surface area contributed by atoms with Crippen molar-refractivity contribution in [3.05, 3.63) is 52.6 Å². The molecule has 1 aromatic heterocycles. The molecule has 2 aromatic rings. The normalized spacial score (nSPS) is 18.1. The van der Waals surface area contributed by atoms with Crippen LogP contribution in [0.1, 0.15) is 40.5 Å². The lowest BCUT2D eigenvalue weighted by molar-refractivity contribution is 0.460. The number of hydrogen-bond donors (Lipinski definition) is 1. The van der Waals surface area contributed by atoms with Crippen LogP contribution in [0.5, 0.6) is 0 Å². The van der Waals surface area contributed by atoms with Crippen molar-refractivity contribution in [1.29, 1.82) is 0 Å². The number of aryl methyl sites for hydroxylation is 4. The summed E-state index contributed by atoms with van der Waals surface area (Å²) in [5.74, 6) is 0. The Labute approximate surface area is 121 Å². The van der Waals surface area contributed by atoms with Gasteiger partial charge in [0.05, 0.1) is 18.1 Å². The summed E-state index contributed by atoms with van der Waals surface area (Å²) in [4.78, 5) is 4.59. The fourth-order valence-electron chi connectivity index (χ4n) is 3.14. The van der Waals surface area contributed by atoms with Crippen LogP contribution in [0.4, 0.5) is 0 Å². The Bertz CT molecular complexity index is 613. The molecule has 0 amide bonds. The molecular formula is C17H23N3. The molecular weight excluding hydrogens is 246 g/mol. The summed E-state index contributed by atoms with van der Waals surface area (Å²) in [7, 11) is 2.10. The van der Waals surface area contributed by atoms with Crippen LogP contribution in [0.15, 0.2) is 24.5 Å². The smallest absolute Gasteiger partial charge is 0.0949 e. The minimum atomic E-state index is 0.403. The minimum Gasteiger partial charge on any atom is -0.337 e. The maximum atomic E-state index is 4.59. The summed E-state index contributed by atoms with van der Waals surface area (Å²) in [6.45, 7) is 5.43. The Morgan fingerprint density at radius 1 is 1.35 bits per heavy atom. The highest BCUT2D eigenvalue weighted by Gasteiger charge is 2.23. The van der Waals surface area contributed by atoms with E-state index < -0.39 is 0 Å². The number of nitrogens with zero attached hydrogens (tertiary/aromatic N) is 2.